The number of rotatable bonds is 3. The topological polar surface area (TPSA) is 55.3 Å². The lowest BCUT2D eigenvalue weighted by Crippen LogP contribution is -2.48. The SMILES string of the molecule is Cc1cc(SCC(=O)N2C[C@@H](C)O[C@H](C)C2)ncn1. The maximum absolute atomic E-state index is 12.2. The molecule has 19 heavy (non-hydrogen) atoms. The molecule has 1 aromatic heterocycles. The smallest absolute Gasteiger partial charge is 0.233 e. The van der Waals surface area contributed by atoms with E-state index in [1.54, 1.807) is 0 Å². The molecule has 0 spiro atoms. The number of carbonyl (C=O) groups excluding carboxylic acids is 1. The zero-order valence-electron chi connectivity index (χ0n) is 11.5. The minimum Gasteiger partial charge on any atom is -0.372 e. The minimum atomic E-state index is 0.110. The van der Waals surface area contributed by atoms with Gasteiger partial charge in [-0.15, -0.1) is 0 Å². The molecule has 2 rings (SSSR count). The molecule has 1 aliphatic rings. The molecule has 1 aromatic rings. The summed E-state index contributed by atoms with van der Waals surface area (Å²) in [6.45, 7) is 7.26. The van der Waals surface area contributed by atoms with Gasteiger partial charge >= 0.3 is 0 Å². The molecule has 2 atom stereocenters. The average Bonchev–Trinajstić information content (AvgIpc) is 2.35. The first kappa shape index (κ1) is 14.3. The van der Waals surface area contributed by atoms with E-state index < -0.39 is 0 Å². The Bertz CT molecular complexity index is 445. The lowest BCUT2D eigenvalue weighted by molar-refractivity contribution is -0.140. The van der Waals surface area contributed by atoms with Crippen LogP contribution in [0.15, 0.2) is 17.4 Å². The van der Waals surface area contributed by atoms with Crippen LogP contribution in [0.2, 0.25) is 0 Å². The van der Waals surface area contributed by atoms with Crippen LogP contribution >= 0.6 is 11.8 Å². The minimum absolute atomic E-state index is 0.110. The van der Waals surface area contributed by atoms with E-state index in [2.05, 4.69) is 9.97 Å². The number of thioether (sulfide) groups is 1. The summed E-state index contributed by atoms with van der Waals surface area (Å²) in [4.78, 5) is 22.2. The lowest BCUT2D eigenvalue weighted by Gasteiger charge is -2.35. The third-order valence-corrected chi connectivity index (χ3v) is 3.80. The predicted molar refractivity (Wildman–Crippen MR) is 74.1 cm³/mol. The fraction of sp³-hybridized carbons (Fsp3) is 0.615. The summed E-state index contributed by atoms with van der Waals surface area (Å²) in [6.07, 6.45) is 1.75. The van der Waals surface area contributed by atoms with Crippen LogP contribution in [0.5, 0.6) is 0 Å². The molecule has 2 heterocycles. The molecule has 6 heteroatoms. The van der Waals surface area contributed by atoms with E-state index >= 15 is 0 Å². The molecular weight excluding hydrogens is 262 g/mol. The number of amides is 1. The van der Waals surface area contributed by atoms with Crippen molar-refractivity contribution in [3.63, 3.8) is 0 Å². The fourth-order valence-electron chi connectivity index (χ4n) is 2.12. The highest BCUT2D eigenvalue weighted by atomic mass is 32.2. The Morgan fingerprint density at radius 2 is 2.11 bits per heavy atom. The Kier molecular flexibility index (Phi) is 4.76. The molecule has 104 valence electrons. The zero-order chi connectivity index (χ0) is 13.8. The van der Waals surface area contributed by atoms with Crippen LogP contribution in [0.1, 0.15) is 19.5 Å². The first-order valence-electron chi connectivity index (χ1n) is 6.39. The van der Waals surface area contributed by atoms with E-state index in [-0.39, 0.29) is 18.1 Å². The zero-order valence-corrected chi connectivity index (χ0v) is 12.3. The van der Waals surface area contributed by atoms with Crippen molar-refractivity contribution in [2.45, 2.75) is 38.0 Å². The van der Waals surface area contributed by atoms with Gasteiger partial charge in [0.05, 0.1) is 18.0 Å². The third kappa shape index (κ3) is 4.18. The number of carbonyl (C=O) groups is 1. The van der Waals surface area contributed by atoms with Gasteiger partial charge in [0.2, 0.25) is 5.91 Å². The first-order valence-corrected chi connectivity index (χ1v) is 7.38. The monoisotopic (exact) mass is 281 g/mol. The molecule has 0 radical (unpaired) electrons. The number of nitrogens with zero attached hydrogens (tertiary/aromatic N) is 3. The molecule has 0 unspecified atom stereocenters. The molecule has 1 amide bonds. The number of ether oxygens (including phenoxy) is 1. The first-order chi connectivity index (χ1) is 9.04. The van der Waals surface area contributed by atoms with E-state index in [1.807, 2.05) is 31.7 Å². The highest BCUT2D eigenvalue weighted by Gasteiger charge is 2.25. The Hall–Kier alpha value is -1.14. The van der Waals surface area contributed by atoms with Gasteiger partial charge in [0.25, 0.3) is 0 Å². The second-order valence-electron chi connectivity index (χ2n) is 4.84. The van der Waals surface area contributed by atoms with Crippen molar-refractivity contribution in [2.75, 3.05) is 18.8 Å². The van der Waals surface area contributed by atoms with Gasteiger partial charge in [-0.25, -0.2) is 9.97 Å². The molecule has 5 nitrogen and oxygen atoms in total. The summed E-state index contributed by atoms with van der Waals surface area (Å²) in [6, 6.07) is 1.89. The van der Waals surface area contributed by atoms with Crippen LogP contribution in [0.25, 0.3) is 0 Å². The van der Waals surface area contributed by atoms with Crippen molar-refractivity contribution in [1.29, 1.82) is 0 Å². The second kappa shape index (κ2) is 6.34. The van der Waals surface area contributed by atoms with Crippen molar-refractivity contribution in [2.24, 2.45) is 0 Å². The Morgan fingerprint density at radius 1 is 1.42 bits per heavy atom. The number of morpholine rings is 1. The number of aromatic nitrogens is 2. The molecule has 0 saturated carbocycles. The van der Waals surface area contributed by atoms with Crippen LogP contribution in [0.4, 0.5) is 0 Å². The maximum Gasteiger partial charge on any atom is 0.233 e. The standard InChI is InChI=1S/C13H19N3O2S/c1-9-4-12(15-8-14-9)19-7-13(17)16-5-10(2)18-11(3)6-16/h4,8,10-11H,5-7H2,1-3H3/t10-,11-/m1/s1. The van der Waals surface area contributed by atoms with Crippen molar-refractivity contribution in [3.8, 4) is 0 Å². The van der Waals surface area contributed by atoms with E-state index in [4.69, 9.17) is 4.74 Å². The molecule has 1 aliphatic heterocycles. The van der Waals surface area contributed by atoms with Gasteiger partial charge in [-0.2, -0.15) is 0 Å². The molecule has 0 aromatic carbocycles. The van der Waals surface area contributed by atoms with Gasteiger partial charge < -0.3 is 9.64 Å². The molecule has 0 aliphatic carbocycles. The van der Waals surface area contributed by atoms with Gasteiger partial charge in [-0.1, -0.05) is 11.8 Å². The van der Waals surface area contributed by atoms with Crippen LogP contribution in [-0.2, 0) is 9.53 Å². The molecule has 1 fully saturated rings. The summed E-state index contributed by atoms with van der Waals surface area (Å²) < 4.78 is 5.62. The summed E-state index contributed by atoms with van der Waals surface area (Å²) in [5.41, 5.74) is 0.915. The maximum atomic E-state index is 12.2. The number of aryl methyl sites for hydroxylation is 1. The van der Waals surface area contributed by atoms with Crippen molar-refractivity contribution < 1.29 is 9.53 Å². The Morgan fingerprint density at radius 3 is 2.74 bits per heavy atom. The van der Waals surface area contributed by atoms with Gasteiger partial charge in [-0.05, 0) is 26.8 Å². The summed E-state index contributed by atoms with van der Waals surface area (Å²) >= 11 is 1.46. The summed E-state index contributed by atoms with van der Waals surface area (Å²) in [7, 11) is 0. The van der Waals surface area contributed by atoms with Crippen LogP contribution < -0.4 is 0 Å². The molecule has 0 bridgehead atoms. The lowest BCUT2D eigenvalue weighted by atomic mass is 10.2. The Labute approximate surface area is 117 Å². The fourth-order valence-corrected chi connectivity index (χ4v) is 2.95. The van der Waals surface area contributed by atoms with Crippen molar-refractivity contribution in [1.82, 2.24) is 14.9 Å². The summed E-state index contributed by atoms with van der Waals surface area (Å²) in [5.74, 6) is 0.555. The quantitative estimate of drug-likeness (QED) is 0.621. The normalized spacial score (nSPS) is 23.4. The van der Waals surface area contributed by atoms with E-state index in [0.717, 1.165) is 10.7 Å². The molecular formula is C13H19N3O2S. The van der Waals surface area contributed by atoms with Crippen LogP contribution in [0.3, 0.4) is 0 Å². The average molecular weight is 281 g/mol. The van der Waals surface area contributed by atoms with Crippen LogP contribution in [0, 0.1) is 6.92 Å². The van der Waals surface area contributed by atoms with Gasteiger partial charge in [-0.3, -0.25) is 4.79 Å². The van der Waals surface area contributed by atoms with E-state index in [0.29, 0.717) is 18.8 Å². The van der Waals surface area contributed by atoms with Gasteiger partial charge in [0, 0.05) is 18.8 Å². The largest absolute Gasteiger partial charge is 0.372 e. The second-order valence-corrected chi connectivity index (χ2v) is 5.84. The van der Waals surface area contributed by atoms with Gasteiger partial charge in [0.1, 0.15) is 11.4 Å². The predicted octanol–water partition coefficient (Wildman–Crippen LogP) is 1.51. The highest BCUT2D eigenvalue weighted by molar-refractivity contribution is 7.99. The van der Waals surface area contributed by atoms with Crippen molar-refractivity contribution in [3.05, 3.63) is 18.1 Å². The number of hydrogen-bond acceptors (Lipinski definition) is 5. The van der Waals surface area contributed by atoms with Crippen LogP contribution in [-0.4, -0.2) is 51.8 Å². The molecule has 0 N–H and O–H groups in total. The van der Waals surface area contributed by atoms with E-state index in [1.165, 1.54) is 18.1 Å². The summed E-state index contributed by atoms with van der Waals surface area (Å²) in [5, 5.41) is 0.843. The third-order valence-electron chi connectivity index (χ3n) is 2.89. The van der Waals surface area contributed by atoms with Crippen molar-refractivity contribution >= 4 is 17.7 Å². The molecule has 1 saturated heterocycles. The van der Waals surface area contributed by atoms with Gasteiger partial charge in [0.15, 0.2) is 0 Å². The highest BCUT2D eigenvalue weighted by Crippen LogP contribution is 2.17. The Balaban J connectivity index is 1.87. The van der Waals surface area contributed by atoms with E-state index in [9.17, 15) is 4.79 Å². The number of hydrogen-bond donors (Lipinski definition) is 0.